The highest BCUT2D eigenvalue weighted by molar-refractivity contribution is 6.12. The lowest BCUT2D eigenvalue weighted by atomic mass is 10.1. The van der Waals surface area contributed by atoms with Gasteiger partial charge in [0.15, 0.2) is 0 Å². The highest BCUT2D eigenvalue weighted by atomic mass is 19.1. The van der Waals surface area contributed by atoms with Crippen molar-refractivity contribution in [3.63, 3.8) is 0 Å². The number of hydrogen-bond acceptors (Lipinski definition) is 2. The second-order valence-corrected chi connectivity index (χ2v) is 4.58. The van der Waals surface area contributed by atoms with Crippen LogP contribution in [0.25, 0.3) is 10.9 Å². The molecule has 106 valence electrons. The number of carbonyl (C=O) groups is 1. The second-order valence-electron chi connectivity index (χ2n) is 4.58. The van der Waals surface area contributed by atoms with E-state index in [0.717, 1.165) is 10.9 Å². The standard InChI is InChI=1S/C16H13FN2O2/c1-21-12-5-6-13-14(9-18-15(13)8-12)16(20)19-11-4-2-3-10(17)7-11/h2-9,18H,1H3,(H,19,20). The number of hydrogen-bond donors (Lipinski definition) is 2. The number of aromatic nitrogens is 1. The summed E-state index contributed by atoms with van der Waals surface area (Å²) in [4.78, 5) is 15.3. The number of aromatic amines is 1. The monoisotopic (exact) mass is 284 g/mol. The van der Waals surface area contributed by atoms with E-state index in [-0.39, 0.29) is 5.91 Å². The third-order valence-electron chi connectivity index (χ3n) is 3.22. The van der Waals surface area contributed by atoms with Crippen LogP contribution >= 0.6 is 0 Å². The number of fused-ring (bicyclic) bond motifs is 1. The molecule has 0 aliphatic rings. The molecule has 0 unspecified atom stereocenters. The molecule has 5 heteroatoms. The molecule has 0 saturated carbocycles. The van der Waals surface area contributed by atoms with Crippen molar-refractivity contribution in [3.8, 4) is 5.75 Å². The average molecular weight is 284 g/mol. The number of benzene rings is 2. The Hall–Kier alpha value is -2.82. The summed E-state index contributed by atoms with van der Waals surface area (Å²) in [7, 11) is 1.58. The van der Waals surface area contributed by atoms with Crippen LogP contribution in [0.1, 0.15) is 10.4 Å². The zero-order valence-corrected chi connectivity index (χ0v) is 11.3. The number of nitrogens with one attached hydrogen (secondary N) is 2. The maximum atomic E-state index is 13.1. The normalized spacial score (nSPS) is 10.6. The first-order valence-electron chi connectivity index (χ1n) is 6.39. The van der Waals surface area contributed by atoms with Crippen LogP contribution < -0.4 is 10.1 Å². The molecule has 4 nitrogen and oxygen atoms in total. The Morgan fingerprint density at radius 2 is 2.10 bits per heavy atom. The molecule has 0 radical (unpaired) electrons. The number of anilines is 1. The first-order chi connectivity index (χ1) is 10.2. The summed E-state index contributed by atoms with van der Waals surface area (Å²) >= 11 is 0. The Kier molecular flexibility index (Phi) is 3.31. The first-order valence-corrected chi connectivity index (χ1v) is 6.39. The predicted octanol–water partition coefficient (Wildman–Crippen LogP) is 3.57. The molecular formula is C16H13FN2O2. The zero-order chi connectivity index (χ0) is 14.8. The molecule has 0 bridgehead atoms. The highest BCUT2D eigenvalue weighted by Gasteiger charge is 2.13. The molecule has 0 saturated heterocycles. The molecule has 3 aromatic rings. The van der Waals surface area contributed by atoms with Gasteiger partial charge in [0.1, 0.15) is 11.6 Å². The Morgan fingerprint density at radius 1 is 1.24 bits per heavy atom. The van der Waals surface area contributed by atoms with Crippen LogP contribution in [0.2, 0.25) is 0 Å². The van der Waals surface area contributed by atoms with Crippen LogP contribution in [0.15, 0.2) is 48.7 Å². The van der Waals surface area contributed by atoms with Crippen molar-refractivity contribution in [1.29, 1.82) is 0 Å². The molecule has 0 aliphatic heterocycles. The molecule has 1 heterocycles. The summed E-state index contributed by atoms with van der Waals surface area (Å²) in [6.07, 6.45) is 1.62. The lowest BCUT2D eigenvalue weighted by Gasteiger charge is -2.04. The average Bonchev–Trinajstić information content (AvgIpc) is 2.90. The van der Waals surface area contributed by atoms with Gasteiger partial charge >= 0.3 is 0 Å². The van der Waals surface area contributed by atoms with Crippen LogP contribution in [0.5, 0.6) is 5.75 Å². The number of rotatable bonds is 3. The molecule has 0 aliphatic carbocycles. The minimum atomic E-state index is -0.392. The maximum Gasteiger partial charge on any atom is 0.257 e. The number of methoxy groups -OCH3 is 1. The van der Waals surface area contributed by atoms with Gasteiger partial charge in [0.2, 0.25) is 0 Å². The van der Waals surface area contributed by atoms with Crippen molar-refractivity contribution in [3.05, 3.63) is 60.0 Å². The van der Waals surface area contributed by atoms with Crippen LogP contribution in [0, 0.1) is 5.82 Å². The number of amides is 1. The Labute approximate surface area is 120 Å². The van der Waals surface area contributed by atoms with Gasteiger partial charge in [0.25, 0.3) is 5.91 Å². The van der Waals surface area contributed by atoms with Gasteiger partial charge in [0.05, 0.1) is 12.7 Å². The molecule has 1 aromatic heterocycles. The lowest BCUT2D eigenvalue weighted by Crippen LogP contribution is -2.11. The van der Waals surface area contributed by atoms with E-state index >= 15 is 0 Å². The number of halogens is 1. The van der Waals surface area contributed by atoms with Gasteiger partial charge in [-0.3, -0.25) is 4.79 Å². The van der Waals surface area contributed by atoms with E-state index in [4.69, 9.17) is 4.74 Å². The number of carbonyl (C=O) groups excluding carboxylic acids is 1. The third-order valence-corrected chi connectivity index (χ3v) is 3.22. The largest absolute Gasteiger partial charge is 0.497 e. The second kappa shape index (κ2) is 5.28. The molecule has 0 fully saturated rings. The van der Waals surface area contributed by atoms with Crippen molar-refractivity contribution in [2.45, 2.75) is 0 Å². The van der Waals surface area contributed by atoms with Gasteiger partial charge in [-0.25, -0.2) is 4.39 Å². The van der Waals surface area contributed by atoms with Crippen molar-refractivity contribution in [2.24, 2.45) is 0 Å². The number of ether oxygens (including phenoxy) is 1. The van der Waals surface area contributed by atoms with E-state index in [0.29, 0.717) is 17.0 Å². The zero-order valence-electron chi connectivity index (χ0n) is 11.3. The fraction of sp³-hybridized carbons (Fsp3) is 0.0625. The van der Waals surface area contributed by atoms with E-state index in [9.17, 15) is 9.18 Å². The summed E-state index contributed by atoms with van der Waals surface area (Å²) in [6.45, 7) is 0. The topological polar surface area (TPSA) is 54.1 Å². The fourth-order valence-electron chi connectivity index (χ4n) is 2.18. The SMILES string of the molecule is COc1ccc2c(C(=O)Nc3cccc(F)c3)c[nH]c2c1. The van der Waals surface area contributed by atoms with Crippen molar-refractivity contribution < 1.29 is 13.9 Å². The van der Waals surface area contributed by atoms with E-state index < -0.39 is 5.82 Å². The fourth-order valence-corrected chi connectivity index (χ4v) is 2.18. The maximum absolute atomic E-state index is 13.1. The number of H-pyrrole nitrogens is 1. The molecular weight excluding hydrogens is 271 g/mol. The lowest BCUT2D eigenvalue weighted by molar-refractivity contribution is 0.102. The Morgan fingerprint density at radius 3 is 2.86 bits per heavy atom. The van der Waals surface area contributed by atoms with Crippen molar-refractivity contribution in [1.82, 2.24) is 4.98 Å². The van der Waals surface area contributed by atoms with E-state index in [1.54, 1.807) is 31.5 Å². The van der Waals surface area contributed by atoms with Gasteiger partial charge in [-0.15, -0.1) is 0 Å². The first kappa shape index (κ1) is 13.2. The summed E-state index contributed by atoms with van der Waals surface area (Å²) in [5, 5.41) is 3.46. The van der Waals surface area contributed by atoms with Crippen LogP contribution in [-0.4, -0.2) is 18.0 Å². The van der Waals surface area contributed by atoms with Gasteiger partial charge < -0.3 is 15.0 Å². The van der Waals surface area contributed by atoms with Gasteiger partial charge in [-0.1, -0.05) is 6.07 Å². The summed E-state index contributed by atoms with van der Waals surface area (Å²) in [6, 6.07) is 11.2. The van der Waals surface area contributed by atoms with Gasteiger partial charge in [-0.2, -0.15) is 0 Å². The summed E-state index contributed by atoms with van der Waals surface area (Å²) in [5.41, 5.74) is 1.72. The third kappa shape index (κ3) is 2.58. The van der Waals surface area contributed by atoms with Crippen LogP contribution in [0.4, 0.5) is 10.1 Å². The van der Waals surface area contributed by atoms with E-state index in [1.165, 1.54) is 12.1 Å². The summed E-state index contributed by atoms with van der Waals surface area (Å²) < 4.78 is 18.3. The van der Waals surface area contributed by atoms with Crippen molar-refractivity contribution in [2.75, 3.05) is 12.4 Å². The minimum Gasteiger partial charge on any atom is -0.497 e. The summed E-state index contributed by atoms with van der Waals surface area (Å²) in [5.74, 6) is 0.0231. The van der Waals surface area contributed by atoms with Crippen LogP contribution in [-0.2, 0) is 0 Å². The predicted molar refractivity (Wildman–Crippen MR) is 79.2 cm³/mol. The molecule has 2 N–H and O–H groups in total. The van der Waals surface area contributed by atoms with Gasteiger partial charge in [0, 0.05) is 28.9 Å². The van der Waals surface area contributed by atoms with E-state index in [2.05, 4.69) is 10.3 Å². The van der Waals surface area contributed by atoms with E-state index in [1.807, 2.05) is 12.1 Å². The minimum absolute atomic E-state index is 0.294. The van der Waals surface area contributed by atoms with Crippen molar-refractivity contribution >= 4 is 22.5 Å². The Bertz CT molecular complexity index is 811. The molecule has 0 atom stereocenters. The smallest absolute Gasteiger partial charge is 0.257 e. The quantitative estimate of drug-likeness (QED) is 0.772. The molecule has 1 amide bonds. The highest BCUT2D eigenvalue weighted by Crippen LogP contribution is 2.24. The molecule has 3 rings (SSSR count). The molecule has 21 heavy (non-hydrogen) atoms. The van der Waals surface area contributed by atoms with Crippen LogP contribution in [0.3, 0.4) is 0 Å². The Balaban J connectivity index is 1.91. The molecule has 0 spiro atoms. The molecule has 2 aromatic carbocycles. The van der Waals surface area contributed by atoms with Gasteiger partial charge in [-0.05, 0) is 30.3 Å².